The van der Waals surface area contributed by atoms with Crippen molar-refractivity contribution in [3.63, 3.8) is 0 Å². The summed E-state index contributed by atoms with van der Waals surface area (Å²) in [6.07, 6.45) is 0.364. The van der Waals surface area contributed by atoms with Crippen LogP contribution in [0.15, 0.2) is 77.7 Å². The van der Waals surface area contributed by atoms with Gasteiger partial charge in [-0.3, -0.25) is 13.9 Å². The third-order valence-electron chi connectivity index (χ3n) is 6.07. The summed E-state index contributed by atoms with van der Waals surface area (Å²) in [5.41, 5.74) is 3.06. The molecule has 0 saturated heterocycles. The Kier molecular flexibility index (Phi) is 9.34. The van der Waals surface area contributed by atoms with E-state index in [9.17, 15) is 18.0 Å². The monoisotopic (exact) mass is 541 g/mol. The quantitative estimate of drug-likeness (QED) is 0.403. The second-order valence-electron chi connectivity index (χ2n) is 8.85. The third-order valence-corrected chi connectivity index (χ3v) is 8.11. The van der Waals surface area contributed by atoms with Crippen LogP contribution in [-0.2, 0) is 26.2 Å². The zero-order chi connectivity index (χ0) is 27.2. The van der Waals surface area contributed by atoms with Gasteiger partial charge in [-0.05, 0) is 62.2 Å². The van der Waals surface area contributed by atoms with Gasteiger partial charge in [0, 0.05) is 18.6 Å². The van der Waals surface area contributed by atoms with Gasteiger partial charge in [0.25, 0.3) is 10.0 Å². The van der Waals surface area contributed by atoms with Crippen LogP contribution in [0.25, 0.3) is 0 Å². The van der Waals surface area contributed by atoms with Crippen LogP contribution >= 0.6 is 11.6 Å². The molecular formula is C28H32ClN3O4S. The van der Waals surface area contributed by atoms with E-state index in [2.05, 4.69) is 5.32 Å². The average molecular weight is 542 g/mol. The molecule has 3 aromatic rings. The summed E-state index contributed by atoms with van der Waals surface area (Å²) < 4.78 is 28.6. The highest BCUT2D eigenvalue weighted by atomic mass is 35.5. The summed E-state index contributed by atoms with van der Waals surface area (Å²) in [6.45, 7) is 5.30. The summed E-state index contributed by atoms with van der Waals surface area (Å²) in [5.74, 6) is -0.814. The molecule has 196 valence electrons. The molecule has 0 aliphatic heterocycles. The number of hydrogen-bond donors (Lipinski definition) is 1. The van der Waals surface area contributed by atoms with Crippen LogP contribution in [0.2, 0.25) is 5.02 Å². The minimum absolute atomic E-state index is 0.0597. The predicted octanol–water partition coefficient (Wildman–Crippen LogP) is 4.71. The number of likely N-dealkylation sites (N-methyl/N-ethyl adjacent to an activating group) is 1. The van der Waals surface area contributed by atoms with Crippen LogP contribution in [-0.4, -0.2) is 44.8 Å². The molecular weight excluding hydrogens is 510 g/mol. The Bertz CT molecular complexity index is 1340. The number of rotatable bonds is 10. The minimum atomic E-state index is -4.11. The molecule has 1 N–H and O–H groups in total. The molecule has 3 aromatic carbocycles. The normalized spacial score (nSPS) is 12.0. The van der Waals surface area contributed by atoms with Gasteiger partial charge in [0.05, 0.1) is 10.6 Å². The first-order valence-electron chi connectivity index (χ1n) is 12.0. The second kappa shape index (κ2) is 12.3. The van der Waals surface area contributed by atoms with E-state index in [-0.39, 0.29) is 17.3 Å². The molecule has 7 nitrogen and oxygen atoms in total. The van der Waals surface area contributed by atoms with Crippen LogP contribution in [0.1, 0.15) is 30.0 Å². The number of nitrogens with one attached hydrogen (secondary N) is 1. The third kappa shape index (κ3) is 6.90. The lowest BCUT2D eigenvalue weighted by Gasteiger charge is -2.33. The maximum atomic E-state index is 13.8. The van der Waals surface area contributed by atoms with E-state index in [1.165, 1.54) is 24.1 Å². The molecule has 37 heavy (non-hydrogen) atoms. The highest BCUT2D eigenvalue weighted by Gasteiger charge is 2.33. The number of carbonyl (C=O) groups is 2. The molecule has 2 amide bonds. The highest BCUT2D eigenvalue weighted by molar-refractivity contribution is 7.92. The second-order valence-corrected chi connectivity index (χ2v) is 11.1. The summed E-state index contributed by atoms with van der Waals surface area (Å²) in [7, 11) is -2.59. The Morgan fingerprint density at radius 3 is 2.16 bits per heavy atom. The predicted molar refractivity (Wildman–Crippen MR) is 147 cm³/mol. The number of hydrogen-bond acceptors (Lipinski definition) is 4. The van der Waals surface area contributed by atoms with Crippen LogP contribution < -0.4 is 9.62 Å². The number of amides is 2. The molecule has 3 rings (SSSR count). The summed E-state index contributed by atoms with van der Waals surface area (Å²) in [4.78, 5) is 28.1. The molecule has 0 bridgehead atoms. The highest BCUT2D eigenvalue weighted by Crippen LogP contribution is 2.26. The van der Waals surface area contributed by atoms with Crippen molar-refractivity contribution < 1.29 is 18.0 Å². The minimum Gasteiger partial charge on any atom is -0.357 e. The van der Waals surface area contributed by atoms with Crippen molar-refractivity contribution in [2.45, 2.75) is 44.7 Å². The Morgan fingerprint density at radius 2 is 1.59 bits per heavy atom. The molecule has 0 aromatic heterocycles. The van der Waals surface area contributed by atoms with Crippen LogP contribution in [0.4, 0.5) is 5.69 Å². The maximum absolute atomic E-state index is 13.8. The number of benzene rings is 3. The lowest BCUT2D eigenvalue weighted by atomic mass is 10.1. The summed E-state index contributed by atoms with van der Waals surface area (Å²) in [5, 5.41) is 3.06. The number of carbonyl (C=O) groups excluding carboxylic acids is 2. The van der Waals surface area contributed by atoms with E-state index < -0.39 is 28.5 Å². The van der Waals surface area contributed by atoms with Gasteiger partial charge in [-0.2, -0.15) is 0 Å². The number of anilines is 1. The largest absolute Gasteiger partial charge is 0.357 e. The van der Waals surface area contributed by atoms with Gasteiger partial charge in [-0.1, -0.05) is 66.0 Å². The zero-order valence-corrected chi connectivity index (χ0v) is 23.0. The van der Waals surface area contributed by atoms with Gasteiger partial charge in [0.1, 0.15) is 12.6 Å². The molecule has 0 radical (unpaired) electrons. The molecule has 0 aliphatic carbocycles. The molecule has 0 saturated carbocycles. The molecule has 9 heteroatoms. The molecule has 0 aliphatic rings. The van der Waals surface area contributed by atoms with Crippen molar-refractivity contribution in [1.82, 2.24) is 10.2 Å². The van der Waals surface area contributed by atoms with Gasteiger partial charge in [0.15, 0.2) is 0 Å². The van der Waals surface area contributed by atoms with Crippen molar-refractivity contribution >= 4 is 39.1 Å². The van der Waals surface area contributed by atoms with E-state index in [0.29, 0.717) is 17.1 Å². The number of halogens is 1. The van der Waals surface area contributed by atoms with Crippen molar-refractivity contribution in [3.8, 4) is 0 Å². The maximum Gasteiger partial charge on any atom is 0.264 e. The molecule has 0 fully saturated rings. The summed E-state index contributed by atoms with van der Waals surface area (Å²) in [6, 6.07) is 19.6. The topological polar surface area (TPSA) is 86.8 Å². The van der Waals surface area contributed by atoms with Crippen molar-refractivity contribution in [3.05, 3.63) is 94.5 Å². The lowest BCUT2D eigenvalue weighted by Crippen LogP contribution is -2.51. The smallest absolute Gasteiger partial charge is 0.264 e. The molecule has 1 atom stereocenters. The number of aryl methyl sites for hydroxylation is 2. The van der Waals surface area contributed by atoms with Crippen molar-refractivity contribution in [2.75, 3.05) is 17.9 Å². The zero-order valence-electron chi connectivity index (χ0n) is 21.4. The van der Waals surface area contributed by atoms with Crippen LogP contribution in [0, 0.1) is 13.8 Å². The van der Waals surface area contributed by atoms with E-state index >= 15 is 0 Å². The standard InChI is InChI=1S/C28H32ClN3O4S/c1-5-26(28(34)30-4)31(18-22-8-6-7-21(3)17-22)27(33)19-32(24-13-11-23(29)12-14-24)37(35,36)25-15-9-20(2)10-16-25/h6-17,26H,5,18-19H2,1-4H3,(H,30,34). The molecule has 0 heterocycles. The Labute approximate surface area is 224 Å². The first-order chi connectivity index (χ1) is 17.6. The SMILES string of the molecule is CCC(C(=O)NC)N(Cc1cccc(C)c1)C(=O)CN(c1ccc(Cl)cc1)S(=O)(=O)c1ccc(C)cc1. The Balaban J connectivity index is 2.05. The van der Waals surface area contributed by atoms with E-state index in [0.717, 1.165) is 21.0 Å². The summed E-state index contributed by atoms with van der Waals surface area (Å²) >= 11 is 6.05. The fourth-order valence-electron chi connectivity index (χ4n) is 4.07. The number of sulfonamides is 1. The van der Waals surface area contributed by atoms with Gasteiger partial charge in [0.2, 0.25) is 11.8 Å². The van der Waals surface area contributed by atoms with Gasteiger partial charge < -0.3 is 10.2 Å². The average Bonchev–Trinajstić information content (AvgIpc) is 2.87. The van der Waals surface area contributed by atoms with E-state index in [1.54, 1.807) is 36.4 Å². The first-order valence-corrected chi connectivity index (χ1v) is 13.8. The van der Waals surface area contributed by atoms with Gasteiger partial charge >= 0.3 is 0 Å². The van der Waals surface area contributed by atoms with Crippen molar-refractivity contribution in [1.29, 1.82) is 0 Å². The first kappa shape index (κ1) is 28.2. The van der Waals surface area contributed by atoms with Crippen LogP contribution in [0.3, 0.4) is 0 Å². The molecule has 0 spiro atoms. The van der Waals surface area contributed by atoms with Gasteiger partial charge in [-0.15, -0.1) is 0 Å². The Hall–Kier alpha value is -3.36. The van der Waals surface area contributed by atoms with E-state index in [4.69, 9.17) is 11.6 Å². The van der Waals surface area contributed by atoms with E-state index in [1.807, 2.05) is 45.0 Å². The van der Waals surface area contributed by atoms with Gasteiger partial charge in [-0.25, -0.2) is 8.42 Å². The van der Waals surface area contributed by atoms with Crippen molar-refractivity contribution in [2.24, 2.45) is 0 Å². The lowest BCUT2D eigenvalue weighted by molar-refractivity contribution is -0.140. The number of nitrogens with zero attached hydrogens (tertiary/aromatic N) is 2. The fraction of sp³-hybridized carbons (Fsp3) is 0.286. The van der Waals surface area contributed by atoms with Crippen LogP contribution in [0.5, 0.6) is 0 Å². The Morgan fingerprint density at radius 1 is 0.946 bits per heavy atom. The fourth-order valence-corrected chi connectivity index (χ4v) is 5.61. The molecule has 1 unspecified atom stereocenters.